The zero-order valence-corrected chi connectivity index (χ0v) is 11.8. The maximum atomic E-state index is 12.5. The molecule has 100 valence electrons. The second-order valence-corrected chi connectivity index (χ2v) is 6.30. The van der Waals surface area contributed by atoms with E-state index in [2.05, 4.69) is 4.98 Å². The molecule has 0 unspecified atom stereocenters. The van der Waals surface area contributed by atoms with E-state index in [9.17, 15) is 9.59 Å². The van der Waals surface area contributed by atoms with Crippen molar-refractivity contribution in [2.45, 2.75) is 18.9 Å². The molecule has 2 heterocycles. The lowest BCUT2D eigenvalue weighted by atomic mass is 10.1. The second-order valence-electron chi connectivity index (χ2n) is 4.64. The summed E-state index contributed by atoms with van der Waals surface area (Å²) in [4.78, 5) is 27.3. The van der Waals surface area contributed by atoms with E-state index >= 15 is 0 Å². The average molecular weight is 297 g/mol. The van der Waals surface area contributed by atoms with E-state index in [1.165, 1.54) is 4.57 Å². The number of hydrogen-bond acceptors (Lipinski definition) is 3. The summed E-state index contributed by atoms with van der Waals surface area (Å²) in [6.45, 7) is 0. The van der Waals surface area contributed by atoms with Gasteiger partial charge in [-0.25, -0.2) is 4.79 Å². The standard InChI is InChI=1S/C13H13ClN2O2S/c14-8-1-2-11-10(7-8)12(17)16(13(18)15-11)9-3-5-19-6-4-9/h1-2,7,9H,3-6H2,(H,15,18). The SMILES string of the molecule is O=c1[nH]c2ccc(Cl)cc2c(=O)n1C1CCSCC1. The third-order valence-corrected chi connectivity index (χ3v) is 4.73. The number of aromatic nitrogens is 2. The molecule has 1 aliphatic rings. The average Bonchev–Trinajstić information content (AvgIpc) is 2.41. The summed E-state index contributed by atoms with van der Waals surface area (Å²) in [6, 6.07) is 4.95. The number of halogens is 1. The summed E-state index contributed by atoms with van der Waals surface area (Å²) in [5, 5.41) is 0.979. The van der Waals surface area contributed by atoms with Gasteiger partial charge in [0.25, 0.3) is 5.56 Å². The van der Waals surface area contributed by atoms with Crippen LogP contribution in [0.25, 0.3) is 10.9 Å². The fourth-order valence-corrected chi connectivity index (χ4v) is 3.73. The zero-order chi connectivity index (χ0) is 13.4. The van der Waals surface area contributed by atoms with E-state index in [1.54, 1.807) is 18.2 Å². The minimum absolute atomic E-state index is 0.000816. The number of aromatic amines is 1. The Morgan fingerprint density at radius 3 is 2.74 bits per heavy atom. The lowest BCUT2D eigenvalue weighted by Gasteiger charge is -2.22. The largest absolute Gasteiger partial charge is 0.329 e. The van der Waals surface area contributed by atoms with Crippen LogP contribution in [0.5, 0.6) is 0 Å². The van der Waals surface area contributed by atoms with Crippen molar-refractivity contribution in [3.05, 3.63) is 44.1 Å². The number of nitrogens with zero attached hydrogens (tertiary/aromatic N) is 1. The minimum Gasteiger partial charge on any atom is -0.307 e. The van der Waals surface area contributed by atoms with Crippen molar-refractivity contribution >= 4 is 34.3 Å². The fraction of sp³-hybridized carbons (Fsp3) is 0.385. The highest BCUT2D eigenvalue weighted by molar-refractivity contribution is 7.99. The van der Waals surface area contributed by atoms with Crippen LogP contribution in [0.4, 0.5) is 0 Å². The van der Waals surface area contributed by atoms with Crippen molar-refractivity contribution in [1.82, 2.24) is 9.55 Å². The van der Waals surface area contributed by atoms with E-state index in [0.717, 1.165) is 24.3 Å². The van der Waals surface area contributed by atoms with Crippen LogP contribution in [0.1, 0.15) is 18.9 Å². The maximum Gasteiger partial charge on any atom is 0.329 e. The van der Waals surface area contributed by atoms with Crippen LogP contribution in [0.15, 0.2) is 27.8 Å². The molecule has 0 bridgehead atoms. The van der Waals surface area contributed by atoms with E-state index in [-0.39, 0.29) is 17.3 Å². The Morgan fingerprint density at radius 2 is 2.00 bits per heavy atom. The van der Waals surface area contributed by atoms with Crippen LogP contribution in [0, 0.1) is 0 Å². The third-order valence-electron chi connectivity index (χ3n) is 3.45. The number of hydrogen-bond donors (Lipinski definition) is 1. The van der Waals surface area contributed by atoms with Gasteiger partial charge in [0.15, 0.2) is 0 Å². The number of H-pyrrole nitrogens is 1. The van der Waals surface area contributed by atoms with E-state index < -0.39 is 0 Å². The molecule has 1 aliphatic heterocycles. The molecule has 1 aromatic carbocycles. The molecule has 2 aromatic rings. The molecule has 1 saturated heterocycles. The molecule has 19 heavy (non-hydrogen) atoms. The Hall–Kier alpha value is -1.20. The molecule has 0 atom stereocenters. The van der Waals surface area contributed by atoms with Crippen LogP contribution < -0.4 is 11.2 Å². The summed E-state index contributed by atoms with van der Waals surface area (Å²) >= 11 is 7.79. The Balaban J connectivity index is 2.24. The molecule has 1 aromatic heterocycles. The number of fused-ring (bicyclic) bond motifs is 1. The molecule has 0 saturated carbocycles. The van der Waals surface area contributed by atoms with E-state index in [1.807, 2.05) is 11.8 Å². The molecule has 3 rings (SSSR count). The molecular weight excluding hydrogens is 284 g/mol. The van der Waals surface area contributed by atoms with Crippen LogP contribution in [-0.4, -0.2) is 21.1 Å². The van der Waals surface area contributed by atoms with Gasteiger partial charge in [0.05, 0.1) is 10.9 Å². The topological polar surface area (TPSA) is 54.9 Å². The zero-order valence-electron chi connectivity index (χ0n) is 10.2. The maximum absolute atomic E-state index is 12.5. The molecule has 1 fully saturated rings. The molecule has 6 heteroatoms. The fourth-order valence-electron chi connectivity index (χ4n) is 2.47. The summed E-state index contributed by atoms with van der Waals surface area (Å²) in [5.74, 6) is 1.98. The van der Waals surface area contributed by atoms with E-state index in [0.29, 0.717) is 15.9 Å². The quantitative estimate of drug-likeness (QED) is 0.879. The molecule has 0 spiro atoms. The van der Waals surface area contributed by atoms with Crippen LogP contribution in [-0.2, 0) is 0 Å². The van der Waals surface area contributed by atoms with Gasteiger partial charge in [-0.15, -0.1) is 0 Å². The molecule has 1 N–H and O–H groups in total. The molecule has 4 nitrogen and oxygen atoms in total. The number of benzene rings is 1. The summed E-state index contributed by atoms with van der Waals surface area (Å²) in [7, 11) is 0. The predicted molar refractivity (Wildman–Crippen MR) is 79.4 cm³/mol. The number of thioether (sulfide) groups is 1. The van der Waals surface area contributed by atoms with Gasteiger partial charge in [-0.1, -0.05) is 11.6 Å². The smallest absolute Gasteiger partial charge is 0.307 e. The molecule has 0 aliphatic carbocycles. The van der Waals surface area contributed by atoms with Gasteiger partial charge in [-0.2, -0.15) is 11.8 Å². The molecule has 0 radical (unpaired) electrons. The minimum atomic E-state index is -0.322. The van der Waals surface area contributed by atoms with Crippen molar-refractivity contribution in [3.63, 3.8) is 0 Å². The first kappa shape index (κ1) is 12.8. The number of nitrogens with one attached hydrogen (secondary N) is 1. The Labute approximate surface area is 118 Å². The van der Waals surface area contributed by atoms with Gasteiger partial charge < -0.3 is 4.98 Å². The Morgan fingerprint density at radius 1 is 1.26 bits per heavy atom. The first-order chi connectivity index (χ1) is 9.16. The highest BCUT2D eigenvalue weighted by Crippen LogP contribution is 2.25. The van der Waals surface area contributed by atoms with Gasteiger partial charge in [-0.05, 0) is 42.5 Å². The van der Waals surface area contributed by atoms with Crippen molar-refractivity contribution in [1.29, 1.82) is 0 Å². The van der Waals surface area contributed by atoms with Gasteiger partial charge in [0, 0.05) is 11.1 Å². The van der Waals surface area contributed by atoms with Crippen molar-refractivity contribution < 1.29 is 0 Å². The highest BCUT2D eigenvalue weighted by Gasteiger charge is 2.20. The van der Waals surface area contributed by atoms with E-state index in [4.69, 9.17) is 11.6 Å². The van der Waals surface area contributed by atoms with Crippen molar-refractivity contribution in [2.24, 2.45) is 0 Å². The highest BCUT2D eigenvalue weighted by atomic mass is 35.5. The summed E-state index contributed by atoms with van der Waals surface area (Å²) in [5.41, 5.74) is -0.0179. The summed E-state index contributed by atoms with van der Waals surface area (Å²) < 4.78 is 1.36. The van der Waals surface area contributed by atoms with Crippen molar-refractivity contribution in [3.8, 4) is 0 Å². The van der Waals surface area contributed by atoms with Crippen LogP contribution >= 0.6 is 23.4 Å². The summed E-state index contributed by atoms with van der Waals surface area (Å²) in [6.07, 6.45) is 1.72. The molecule has 0 amide bonds. The molecular formula is C13H13ClN2O2S. The van der Waals surface area contributed by atoms with Gasteiger partial charge in [-0.3, -0.25) is 9.36 Å². The van der Waals surface area contributed by atoms with Gasteiger partial charge in [0.1, 0.15) is 0 Å². The Bertz CT molecular complexity index is 731. The van der Waals surface area contributed by atoms with Gasteiger partial charge >= 0.3 is 5.69 Å². The Kier molecular flexibility index (Phi) is 3.41. The number of rotatable bonds is 1. The third kappa shape index (κ3) is 2.32. The van der Waals surface area contributed by atoms with Crippen LogP contribution in [0.2, 0.25) is 5.02 Å². The second kappa shape index (κ2) is 5.06. The van der Waals surface area contributed by atoms with Gasteiger partial charge in [0.2, 0.25) is 0 Å². The predicted octanol–water partition coefficient (Wildman–Crippen LogP) is 2.41. The normalized spacial score (nSPS) is 16.9. The lowest BCUT2D eigenvalue weighted by molar-refractivity contribution is 0.441. The van der Waals surface area contributed by atoms with Crippen LogP contribution in [0.3, 0.4) is 0 Å². The lowest BCUT2D eigenvalue weighted by Crippen LogP contribution is -2.39. The first-order valence-electron chi connectivity index (χ1n) is 6.18. The van der Waals surface area contributed by atoms with Crippen molar-refractivity contribution in [2.75, 3.05) is 11.5 Å². The first-order valence-corrected chi connectivity index (χ1v) is 7.72. The monoisotopic (exact) mass is 296 g/mol.